The number of aliphatic carboxylic acids is 1. The second-order valence-electron chi connectivity index (χ2n) is 7.99. The van der Waals surface area contributed by atoms with Gasteiger partial charge in [-0.15, -0.1) is 0 Å². The smallest absolute Gasteiger partial charge is 0.307 e. The fourth-order valence-corrected chi connectivity index (χ4v) is 4.40. The van der Waals surface area contributed by atoms with Gasteiger partial charge in [-0.2, -0.15) is 0 Å². The summed E-state index contributed by atoms with van der Waals surface area (Å²) in [5.74, 6) is -2.42. The number of rotatable bonds is 7. The molecular formula is C27H22ClNO7. The molecule has 1 aliphatic rings. The average molecular weight is 508 g/mol. The van der Waals surface area contributed by atoms with Gasteiger partial charge in [-0.25, -0.2) is 0 Å². The number of benzene rings is 3. The maximum absolute atomic E-state index is 13.4. The Morgan fingerprint density at radius 2 is 1.67 bits per heavy atom. The minimum atomic E-state index is -1.05. The molecule has 36 heavy (non-hydrogen) atoms. The molecule has 0 spiro atoms. The zero-order valence-corrected chi connectivity index (χ0v) is 20.2. The highest BCUT2D eigenvalue weighted by atomic mass is 35.5. The average Bonchev–Trinajstić information content (AvgIpc) is 3.14. The molecule has 0 radical (unpaired) electrons. The lowest BCUT2D eigenvalue weighted by Crippen LogP contribution is -2.29. The summed E-state index contributed by atoms with van der Waals surface area (Å²) < 4.78 is 10.7. The molecule has 1 fully saturated rings. The number of halogens is 1. The molecule has 2 N–H and O–H groups in total. The van der Waals surface area contributed by atoms with Gasteiger partial charge in [-0.3, -0.25) is 19.3 Å². The zero-order valence-electron chi connectivity index (χ0n) is 19.4. The molecule has 1 heterocycles. The highest BCUT2D eigenvalue weighted by molar-refractivity contribution is 6.52. The first-order chi connectivity index (χ1) is 17.3. The van der Waals surface area contributed by atoms with Gasteiger partial charge in [-0.1, -0.05) is 41.9 Å². The Hall–Kier alpha value is -4.30. The molecule has 0 saturated carbocycles. The molecule has 8 nitrogen and oxygen atoms in total. The van der Waals surface area contributed by atoms with Crippen LogP contribution in [0.15, 0.2) is 72.3 Å². The highest BCUT2D eigenvalue weighted by Gasteiger charge is 2.48. The number of methoxy groups -OCH3 is 2. The van der Waals surface area contributed by atoms with Crippen molar-refractivity contribution in [1.29, 1.82) is 0 Å². The Balaban J connectivity index is 1.95. The van der Waals surface area contributed by atoms with E-state index in [1.807, 2.05) is 0 Å². The lowest BCUT2D eigenvalue weighted by molar-refractivity contribution is -0.136. The highest BCUT2D eigenvalue weighted by Crippen LogP contribution is 2.45. The number of Topliss-reactive ketones (excluding diaryl/α,β-unsaturated/α-hetero) is 1. The van der Waals surface area contributed by atoms with E-state index >= 15 is 0 Å². The number of ketones is 1. The Bertz CT molecular complexity index is 1380. The minimum absolute atomic E-state index is 0.130. The van der Waals surface area contributed by atoms with E-state index in [1.165, 1.54) is 31.3 Å². The van der Waals surface area contributed by atoms with E-state index in [2.05, 4.69) is 0 Å². The second kappa shape index (κ2) is 10.1. The number of carbonyl (C=O) groups is 3. The molecule has 3 aromatic rings. The van der Waals surface area contributed by atoms with Crippen molar-refractivity contribution >= 4 is 40.7 Å². The van der Waals surface area contributed by atoms with Gasteiger partial charge in [0.15, 0.2) is 0 Å². The summed E-state index contributed by atoms with van der Waals surface area (Å²) in [5, 5.41) is 20.6. The van der Waals surface area contributed by atoms with E-state index in [4.69, 9.17) is 26.2 Å². The number of nitrogens with zero attached hydrogens (tertiary/aromatic N) is 1. The van der Waals surface area contributed by atoms with Gasteiger partial charge in [0.25, 0.3) is 11.7 Å². The molecule has 184 valence electrons. The van der Waals surface area contributed by atoms with E-state index in [9.17, 15) is 19.5 Å². The van der Waals surface area contributed by atoms with Crippen molar-refractivity contribution in [3.63, 3.8) is 0 Å². The van der Waals surface area contributed by atoms with Crippen LogP contribution in [0, 0.1) is 0 Å². The minimum Gasteiger partial charge on any atom is -0.507 e. The first-order valence-corrected chi connectivity index (χ1v) is 11.2. The first-order valence-electron chi connectivity index (χ1n) is 10.8. The molecule has 1 aliphatic heterocycles. The number of aliphatic hydroxyl groups excluding tert-OH is 1. The predicted molar refractivity (Wildman–Crippen MR) is 134 cm³/mol. The molecule has 0 bridgehead atoms. The van der Waals surface area contributed by atoms with Crippen LogP contribution in [0.4, 0.5) is 5.69 Å². The van der Waals surface area contributed by atoms with Gasteiger partial charge in [0.2, 0.25) is 0 Å². The SMILES string of the molecule is COc1ccc(Cl)c(/C(O)=C2\C(=O)C(=O)N(c3ccc(CC(=O)O)cc3)C2c2ccccc2OC)c1. The number of aliphatic hydroxyl groups is 1. The molecule has 1 amide bonds. The first kappa shape index (κ1) is 24.8. The molecule has 0 aliphatic carbocycles. The van der Waals surface area contributed by atoms with Crippen molar-refractivity contribution in [2.45, 2.75) is 12.5 Å². The third kappa shape index (κ3) is 4.50. The monoisotopic (exact) mass is 507 g/mol. The summed E-state index contributed by atoms with van der Waals surface area (Å²) in [4.78, 5) is 39.0. The molecule has 0 aromatic heterocycles. The largest absolute Gasteiger partial charge is 0.507 e. The standard InChI is InChI=1S/C27H22ClNO7/c1-35-17-11-12-20(28)19(14-17)25(32)23-24(18-5-3-4-6-21(18)36-2)29(27(34)26(23)33)16-9-7-15(8-10-16)13-22(30)31/h3-12,14,24,32H,13H2,1-2H3,(H,30,31)/b25-23+. The Labute approximate surface area is 211 Å². The third-order valence-electron chi connectivity index (χ3n) is 5.88. The number of carboxylic acids is 1. The normalized spacial score (nSPS) is 16.8. The number of hydrogen-bond acceptors (Lipinski definition) is 6. The van der Waals surface area contributed by atoms with E-state index in [0.29, 0.717) is 28.3 Å². The zero-order chi connectivity index (χ0) is 26.0. The van der Waals surface area contributed by atoms with Crippen molar-refractivity contribution < 1.29 is 34.1 Å². The van der Waals surface area contributed by atoms with E-state index in [-0.39, 0.29) is 22.6 Å². The van der Waals surface area contributed by atoms with Crippen molar-refractivity contribution in [2.24, 2.45) is 0 Å². The maximum Gasteiger partial charge on any atom is 0.307 e. The molecule has 9 heteroatoms. The summed E-state index contributed by atoms with van der Waals surface area (Å²) >= 11 is 6.34. The molecule has 1 saturated heterocycles. The second-order valence-corrected chi connectivity index (χ2v) is 8.40. The number of ether oxygens (including phenoxy) is 2. The molecular weight excluding hydrogens is 486 g/mol. The summed E-state index contributed by atoms with van der Waals surface area (Å²) in [6, 6.07) is 16.7. The number of anilines is 1. The molecule has 1 atom stereocenters. The van der Waals surface area contributed by atoms with Crippen LogP contribution in [-0.2, 0) is 20.8 Å². The summed E-state index contributed by atoms with van der Waals surface area (Å²) in [5.41, 5.74) is 1.30. The van der Waals surface area contributed by atoms with Crippen LogP contribution in [0.5, 0.6) is 11.5 Å². The van der Waals surface area contributed by atoms with Gasteiger partial charge in [0.1, 0.15) is 17.3 Å². The van der Waals surface area contributed by atoms with Gasteiger partial charge >= 0.3 is 5.97 Å². The number of amides is 1. The quantitative estimate of drug-likeness (QED) is 0.273. The van der Waals surface area contributed by atoms with Crippen LogP contribution in [0.1, 0.15) is 22.7 Å². The summed E-state index contributed by atoms with van der Waals surface area (Å²) in [6.45, 7) is 0. The van der Waals surface area contributed by atoms with Crippen LogP contribution in [0.2, 0.25) is 5.02 Å². The molecule has 3 aromatic carbocycles. The van der Waals surface area contributed by atoms with Gasteiger partial charge < -0.3 is 19.7 Å². The van der Waals surface area contributed by atoms with Crippen LogP contribution >= 0.6 is 11.6 Å². The van der Waals surface area contributed by atoms with Crippen molar-refractivity contribution in [3.05, 3.63) is 94.0 Å². The fourth-order valence-electron chi connectivity index (χ4n) is 4.19. The number of hydrogen-bond donors (Lipinski definition) is 2. The number of carbonyl (C=O) groups excluding carboxylic acids is 2. The van der Waals surface area contributed by atoms with Crippen LogP contribution in [0.25, 0.3) is 5.76 Å². The van der Waals surface area contributed by atoms with Crippen LogP contribution in [-0.4, -0.2) is 42.1 Å². The summed E-state index contributed by atoms with van der Waals surface area (Å²) in [7, 11) is 2.92. The lowest BCUT2D eigenvalue weighted by Gasteiger charge is -2.27. The predicted octanol–water partition coefficient (Wildman–Crippen LogP) is 4.61. The third-order valence-corrected chi connectivity index (χ3v) is 6.21. The van der Waals surface area contributed by atoms with Crippen LogP contribution in [0.3, 0.4) is 0 Å². The van der Waals surface area contributed by atoms with E-state index in [1.54, 1.807) is 54.6 Å². The van der Waals surface area contributed by atoms with E-state index < -0.39 is 29.5 Å². The number of para-hydroxylation sites is 1. The van der Waals surface area contributed by atoms with Crippen LogP contribution < -0.4 is 14.4 Å². The van der Waals surface area contributed by atoms with E-state index in [0.717, 1.165) is 0 Å². The topological polar surface area (TPSA) is 113 Å². The molecule has 1 unspecified atom stereocenters. The Morgan fingerprint density at radius 1 is 0.972 bits per heavy atom. The van der Waals surface area contributed by atoms with Gasteiger partial charge in [-0.05, 0) is 42.0 Å². The Morgan fingerprint density at radius 3 is 2.31 bits per heavy atom. The van der Waals surface area contributed by atoms with Gasteiger partial charge in [0.05, 0.1) is 37.3 Å². The maximum atomic E-state index is 13.4. The van der Waals surface area contributed by atoms with Crippen molar-refractivity contribution in [1.82, 2.24) is 0 Å². The Kier molecular flexibility index (Phi) is 6.98. The van der Waals surface area contributed by atoms with Crippen molar-refractivity contribution in [3.8, 4) is 11.5 Å². The lowest BCUT2D eigenvalue weighted by atomic mass is 9.94. The fraction of sp³-hybridized carbons (Fsp3) is 0.148. The number of carboxylic acid groups (broad SMARTS) is 1. The summed E-state index contributed by atoms with van der Waals surface area (Å²) in [6.07, 6.45) is -0.191. The van der Waals surface area contributed by atoms with Gasteiger partial charge in [0, 0.05) is 16.8 Å². The van der Waals surface area contributed by atoms with Crippen molar-refractivity contribution in [2.75, 3.05) is 19.1 Å². The molecule has 4 rings (SSSR count).